The van der Waals surface area contributed by atoms with Gasteiger partial charge in [-0.2, -0.15) is 0 Å². The summed E-state index contributed by atoms with van der Waals surface area (Å²) in [4.78, 5) is 4.45. The molecule has 0 atom stereocenters. The third kappa shape index (κ3) is 1.13. The van der Waals surface area contributed by atoms with Gasteiger partial charge in [-0.3, -0.25) is 0 Å². The largest absolute Gasteiger partial charge is 0.336 e. The Morgan fingerprint density at radius 2 is 2.13 bits per heavy atom. The fourth-order valence-electron chi connectivity index (χ4n) is 1.89. The van der Waals surface area contributed by atoms with E-state index >= 15 is 0 Å². The summed E-state index contributed by atoms with van der Waals surface area (Å²) >= 11 is 0. The molecule has 0 amide bonds. The molecule has 0 saturated heterocycles. The van der Waals surface area contributed by atoms with Crippen molar-refractivity contribution in [1.29, 1.82) is 0 Å². The molecule has 74 valence electrons. The zero-order chi connectivity index (χ0) is 10.4. The van der Waals surface area contributed by atoms with Crippen LogP contribution in [0.15, 0.2) is 36.5 Å². The van der Waals surface area contributed by atoms with Gasteiger partial charge in [-0.1, -0.05) is 0 Å². The van der Waals surface area contributed by atoms with Gasteiger partial charge in [0.05, 0.1) is 5.52 Å². The minimum Gasteiger partial charge on any atom is -0.336 e. The van der Waals surface area contributed by atoms with E-state index in [-0.39, 0.29) is 5.82 Å². The lowest BCUT2D eigenvalue weighted by Gasteiger charge is -2.03. The van der Waals surface area contributed by atoms with E-state index < -0.39 is 0 Å². The Balaban J connectivity index is 2.50. The van der Waals surface area contributed by atoms with Gasteiger partial charge in [-0.05, 0) is 30.3 Å². The number of halogens is 1. The standard InChI is InChI=1S/C12H9FN2/c1-15-6-2-3-9-10-7-8(13)4-5-11(10)14-12(9)15/h2-7H,1H3. The van der Waals surface area contributed by atoms with Gasteiger partial charge < -0.3 is 4.57 Å². The van der Waals surface area contributed by atoms with Crippen LogP contribution in [0.2, 0.25) is 0 Å². The second-order valence-electron chi connectivity index (χ2n) is 3.63. The van der Waals surface area contributed by atoms with Crippen molar-refractivity contribution in [3.05, 3.63) is 42.3 Å². The normalized spacial score (nSPS) is 11.3. The Morgan fingerprint density at radius 3 is 3.00 bits per heavy atom. The SMILES string of the molecule is Cn1cccc2c3cc(F)ccc3nc1-2. The van der Waals surface area contributed by atoms with Crippen molar-refractivity contribution in [2.75, 3.05) is 0 Å². The number of fused-ring (bicyclic) bond motifs is 3. The van der Waals surface area contributed by atoms with Crippen LogP contribution in [0.25, 0.3) is 22.3 Å². The van der Waals surface area contributed by atoms with E-state index in [1.165, 1.54) is 12.1 Å². The number of benzene rings is 1. The van der Waals surface area contributed by atoms with Crippen molar-refractivity contribution in [3.8, 4) is 11.4 Å². The molecule has 0 bridgehead atoms. The van der Waals surface area contributed by atoms with E-state index in [0.717, 1.165) is 22.3 Å². The van der Waals surface area contributed by atoms with E-state index in [1.54, 1.807) is 6.07 Å². The van der Waals surface area contributed by atoms with Crippen LogP contribution in [0.3, 0.4) is 0 Å². The maximum Gasteiger partial charge on any atom is 0.140 e. The molecule has 1 aromatic carbocycles. The number of hydrogen-bond donors (Lipinski definition) is 0. The average molecular weight is 200 g/mol. The van der Waals surface area contributed by atoms with Gasteiger partial charge in [0.25, 0.3) is 0 Å². The van der Waals surface area contributed by atoms with E-state index in [2.05, 4.69) is 4.98 Å². The highest BCUT2D eigenvalue weighted by Gasteiger charge is 2.13. The summed E-state index contributed by atoms with van der Waals surface area (Å²) in [5, 5.41) is 0.876. The van der Waals surface area contributed by atoms with Crippen LogP contribution >= 0.6 is 0 Å². The second kappa shape index (κ2) is 2.79. The zero-order valence-corrected chi connectivity index (χ0v) is 8.24. The van der Waals surface area contributed by atoms with Crippen LogP contribution in [-0.4, -0.2) is 9.55 Å². The summed E-state index contributed by atoms with van der Waals surface area (Å²) in [6.45, 7) is 0. The van der Waals surface area contributed by atoms with E-state index in [0.29, 0.717) is 0 Å². The highest BCUT2D eigenvalue weighted by molar-refractivity contribution is 5.96. The average Bonchev–Trinajstić information content (AvgIpc) is 2.58. The van der Waals surface area contributed by atoms with Crippen LogP contribution in [0.5, 0.6) is 0 Å². The maximum absolute atomic E-state index is 13.1. The number of aromatic nitrogens is 2. The fourth-order valence-corrected chi connectivity index (χ4v) is 1.89. The summed E-state index contributed by atoms with van der Waals surface area (Å²) in [5.41, 5.74) is 1.84. The third-order valence-corrected chi connectivity index (χ3v) is 2.62. The fraction of sp³-hybridized carbons (Fsp3) is 0.0833. The van der Waals surface area contributed by atoms with Crippen molar-refractivity contribution >= 4 is 10.9 Å². The van der Waals surface area contributed by atoms with Gasteiger partial charge in [-0.25, -0.2) is 9.37 Å². The maximum atomic E-state index is 13.1. The van der Waals surface area contributed by atoms with Crippen LogP contribution in [-0.2, 0) is 7.05 Å². The predicted octanol–water partition coefficient (Wildman–Crippen LogP) is 2.82. The molecule has 1 aromatic rings. The Bertz CT molecular complexity index is 612. The van der Waals surface area contributed by atoms with Gasteiger partial charge in [0.15, 0.2) is 0 Å². The number of hydrogen-bond acceptors (Lipinski definition) is 1. The molecule has 0 aliphatic carbocycles. The first-order valence-electron chi connectivity index (χ1n) is 4.76. The molecule has 0 unspecified atom stereocenters. The van der Waals surface area contributed by atoms with Gasteiger partial charge in [0.2, 0.25) is 0 Å². The van der Waals surface area contributed by atoms with Crippen LogP contribution in [0, 0.1) is 5.82 Å². The van der Waals surface area contributed by atoms with E-state index in [9.17, 15) is 4.39 Å². The van der Waals surface area contributed by atoms with Crippen molar-refractivity contribution in [2.45, 2.75) is 0 Å². The smallest absolute Gasteiger partial charge is 0.140 e. The first-order chi connectivity index (χ1) is 7.25. The molecule has 0 aromatic heterocycles. The molecule has 0 saturated carbocycles. The lowest BCUT2D eigenvalue weighted by molar-refractivity contribution is 0.630. The Hall–Kier alpha value is -1.90. The van der Waals surface area contributed by atoms with Gasteiger partial charge in [0.1, 0.15) is 11.6 Å². The molecule has 2 nitrogen and oxygen atoms in total. The van der Waals surface area contributed by atoms with Crippen LogP contribution in [0.4, 0.5) is 4.39 Å². The minimum absolute atomic E-state index is 0.219. The quantitative estimate of drug-likeness (QED) is 0.545. The lowest BCUT2D eigenvalue weighted by atomic mass is 10.1. The summed E-state index contributed by atoms with van der Waals surface area (Å²) in [7, 11) is 1.94. The molecule has 2 aliphatic heterocycles. The number of pyridine rings is 1. The molecule has 0 N–H and O–H groups in total. The minimum atomic E-state index is -0.219. The van der Waals surface area contributed by atoms with Crippen molar-refractivity contribution in [2.24, 2.45) is 7.05 Å². The van der Waals surface area contributed by atoms with E-state index in [4.69, 9.17) is 0 Å². The molecular formula is C12H9FN2. The Kier molecular flexibility index (Phi) is 1.57. The van der Waals surface area contributed by atoms with Crippen LogP contribution < -0.4 is 0 Å². The van der Waals surface area contributed by atoms with Gasteiger partial charge in [0, 0.05) is 24.2 Å². The summed E-state index contributed by atoms with van der Waals surface area (Å²) in [6, 6.07) is 8.59. The number of nitrogens with zero attached hydrogens (tertiary/aromatic N) is 2. The summed E-state index contributed by atoms with van der Waals surface area (Å²) < 4.78 is 15.0. The zero-order valence-electron chi connectivity index (χ0n) is 8.24. The summed E-state index contributed by atoms with van der Waals surface area (Å²) in [6.07, 6.45) is 1.94. The number of aryl methyl sites for hydroxylation is 1. The highest BCUT2D eigenvalue weighted by atomic mass is 19.1. The molecule has 15 heavy (non-hydrogen) atoms. The Labute approximate surface area is 86.3 Å². The number of rotatable bonds is 0. The molecule has 2 heterocycles. The molecule has 3 heteroatoms. The predicted molar refractivity (Wildman–Crippen MR) is 57.3 cm³/mol. The second-order valence-corrected chi connectivity index (χ2v) is 3.63. The summed E-state index contributed by atoms with van der Waals surface area (Å²) in [5.74, 6) is 0.668. The van der Waals surface area contributed by atoms with Gasteiger partial charge in [-0.15, -0.1) is 0 Å². The van der Waals surface area contributed by atoms with Crippen LogP contribution in [0.1, 0.15) is 0 Å². The molecule has 0 radical (unpaired) electrons. The molecule has 0 spiro atoms. The van der Waals surface area contributed by atoms with Crippen molar-refractivity contribution in [1.82, 2.24) is 9.55 Å². The highest BCUT2D eigenvalue weighted by Crippen LogP contribution is 2.30. The molecule has 3 rings (SSSR count). The van der Waals surface area contributed by atoms with Gasteiger partial charge >= 0.3 is 0 Å². The Morgan fingerprint density at radius 1 is 1.27 bits per heavy atom. The first kappa shape index (κ1) is 8.41. The third-order valence-electron chi connectivity index (χ3n) is 2.62. The first-order valence-corrected chi connectivity index (χ1v) is 4.76. The molecular weight excluding hydrogens is 191 g/mol. The van der Waals surface area contributed by atoms with Crippen molar-refractivity contribution < 1.29 is 4.39 Å². The lowest BCUT2D eigenvalue weighted by Crippen LogP contribution is -1.94. The molecule has 0 fully saturated rings. The topological polar surface area (TPSA) is 17.8 Å². The van der Waals surface area contributed by atoms with Crippen molar-refractivity contribution in [3.63, 3.8) is 0 Å². The van der Waals surface area contributed by atoms with E-state index in [1.807, 2.05) is 29.9 Å². The molecule has 2 aliphatic rings. The monoisotopic (exact) mass is 200 g/mol.